The number of carboxylic acids is 2. The molecule has 1 fully saturated rings. The largest absolute Gasteiger partial charge is 0.504 e. The molecule has 244 valence electrons. The van der Waals surface area contributed by atoms with Crippen molar-refractivity contribution in [1.29, 1.82) is 0 Å². The number of aromatic nitrogens is 3. The van der Waals surface area contributed by atoms with Gasteiger partial charge in [-0.1, -0.05) is 23.4 Å². The summed E-state index contributed by atoms with van der Waals surface area (Å²) in [6.45, 7) is 1.59. The van der Waals surface area contributed by atoms with E-state index in [1.807, 2.05) is 0 Å². The summed E-state index contributed by atoms with van der Waals surface area (Å²) in [5.74, 6) is -6.31. The van der Waals surface area contributed by atoms with E-state index < -0.39 is 63.7 Å². The number of phenolic OH excluding ortho intramolecular Hbond substituents is 2. The van der Waals surface area contributed by atoms with E-state index in [2.05, 4.69) is 25.4 Å². The summed E-state index contributed by atoms with van der Waals surface area (Å²) in [6, 6.07) is 3.11. The quantitative estimate of drug-likeness (QED) is 0.0460. The Hall–Kier alpha value is -5.54. The molecular weight excluding hydrogens is 679 g/mol. The lowest BCUT2D eigenvalue weighted by Gasteiger charge is -2.55. The van der Waals surface area contributed by atoms with Crippen molar-refractivity contribution in [3.8, 4) is 11.5 Å². The number of nitrogens with two attached hydrogens (primary N) is 3. The first-order valence-electron chi connectivity index (χ1n) is 13.0. The Balaban J connectivity index is 1.49. The van der Waals surface area contributed by atoms with Crippen molar-refractivity contribution < 1.29 is 44.4 Å². The second-order valence-corrected chi connectivity index (χ2v) is 12.1. The summed E-state index contributed by atoms with van der Waals surface area (Å²) in [7, 11) is 0. The third-order valence-corrected chi connectivity index (χ3v) is 9.46. The fourth-order valence-electron chi connectivity index (χ4n) is 4.60. The van der Waals surface area contributed by atoms with E-state index in [1.54, 1.807) is 6.92 Å². The molecule has 0 spiro atoms. The van der Waals surface area contributed by atoms with Crippen LogP contribution in [0.3, 0.4) is 0 Å². The van der Waals surface area contributed by atoms with Gasteiger partial charge in [0, 0.05) is 33.2 Å². The number of thioether (sulfide) groups is 1. The number of hydrogen-bond acceptors (Lipinski definition) is 17. The number of fused-ring (bicyclic) bond motifs is 1. The molecule has 2 aromatic heterocycles. The van der Waals surface area contributed by atoms with E-state index in [-0.39, 0.29) is 45.2 Å². The summed E-state index contributed by atoms with van der Waals surface area (Å²) in [5.41, 5.74) is 14.7. The number of rotatable bonds is 10. The van der Waals surface area contributed by atoms with Crippen LogP contribution in [0.2, 0.25) is 0 Å². The maximum Gasteiger partial charge on any atom is 0.353 e. The fourth-order valence-corrected chi connectivity index (χ4v) is 6.95. The van der Waals surface area contributed by atoms with Gasteiger partial charge in [-0.3, -0.25) is 14.5 Å². The number of anilines is 3. The Bertz CT molecular complexity index is 1910. The molecule has 3 aromatic rings. The number of hydrogen-bond donors (Lipinski definition) is 8. The molecule has 1 saturated heterocycles. The highest BCUT2D eigenvalue weighted by Crippen LogP contribution is 2.47. The first-order chi connectivity index (χ1) is 22.2. The van der Waals surface area contributed by atoms with Crippen LogP contribution < -0.4 is 22.5 Å². The Labute approximate surface area is 276 Å². The second kappa shape index (κ2) is 12.3. The van der Waals surface area contributed by atoms with Gasteiger partial charge in [0.15, 0.2) is 33.7 Å². The third-order valence-electron chi connectivity index (χ3n) is 7.06. The second-order valence-electron chi connectivity index (χ2n) is 9.94. The van der Waals surface area contributed by atoms with Crippen LogP contribution in [0, 0.1) is 6.92 Å². The molecule has 1 unspecified atom stereocenters. The molecule has 18 nitrogen and oxygen atoms in total. The maximum absolute atomic E-state index is 13.7. The van der Waals surface area contributed by atoms with E-state index in [9.17, 15) is 39.6 Å². The SMILES string of the molecule is Cc1c(N)nc(C2=C(C(=O)O)N3C(=O)C(C=S)(NC(=O)/C(=N\O[C@H](C(=O)O)c4ccc(O)c(O)c4)c4csc(N)n4)[C@@H]3SC2)nc1N. The lowest BCUT2D eigenvalue weighted by Crippen LogP contribution is -2.80. The molecule has 47 heavy (non-hydrogen) atoms. The summed E-state index contributed by atoms with van der Waals surface area (Å²) >= 11 is 7.13. The topological polar surface area (TPSA) is 303 Å². The number of thiazole rings is 1. The minimum absolute atomic E-state index is 0.0142. The van der Waals surface area contributed by atoms with Gasteiger partial charge in [0.2, 0.25) is 6.10 Å². The zero-order chi connectivity index (χ0) is 34.4. The minimum atomic E-state index is -1.94. The average molecular weight is 702 g/mol. The van der Waals surface area contributed by atoms with Gasteiger partial charge in [0.25, 0.3) is 11.8 Å². The molecule has 2 aliphatic heterocycles. The number of nitrogen functional groups attached to an aromatic ring is 3. The first kappa shape index (κ1) is 32.8. The summed E-state index contributed by atoms with van der Waals surface area (Å²) in [5, 5.41) is 46.7. The highest BCUT2D eigenvalue weighted by Gasteiger charge is 2.65. The number of aromatic hydroxyl groups is 2. The Morgan fingerprint density at radius 3 is 2.40 bits per heavy atom. The molecule has 3 atom stereocenters. The van der Waals surface area contributed by atoms with Gasteiger partial charge in [-0.05, 0) is 19.1 Å². The van der Waals surface area contributed by atoms with Crippen molar-refractivity contribution in [3.63, 3.8) is 0 Å². The molecular formula is C26H23N9O9S3. The van der Waals surface area contributed by atoms with Crippen molar-refractivity contribution in [3.05, 3.63) is 51.9 Å². The number of nitrogens with zero attached hydrogens (tertiary/aromatic N) is 5. The van der Waals surface area contributed by atoms with Crippen molar-refractivity contribution in [2.45, 2.75) is 23.9 Å². The predicted octanol–water partition coefficient (Wildman–Crippen LogP) is 0.212. The van der Waals surface area contributed by atoms with E-state index in [1.165, 1.54) is 5.38 Å². The number of carboxylic acid groups (broad SMARTS) is 2. The molecule has 0 radical (unpaired) electrons. The van der Waals surface area contributed by atoms with Crippen LogP contribution in [0.1, 0.15) is 28.7 Å². The molecule has 21 heteroatoms. The van der Waals surface area contributed by atoms with Gasteiger partial charge < -0.3 is 47.8 Å². The highest BCUT2D eigenvalue weighted by atomic mass is 32.2. The van der Waals surface area contributed by atoms with E-state index in [0.717, 1.165) is 51.6 Å². The van der Waals surface area contributed by atoms with Crippen LogP contribution in [-0.4, -0.2) is 91.8 Å². The number of carbonyl (C=O) groups is 4. The third kappa shape index (κ3) is 5.70. The zero-order valence-electron chi connectivity index (χ0n) is 23.8. The van der Waals surface area contributed by atoms with Gasteiger partial charge in [0.1, 0.15) is 28.4 Å². The molecule has 4 heterocycles. The zero-order valence-corrected chi connectivity index (χ0v) is 26.2. The number of carbonyl (C=O) groups excluding carboxylic acids is 2. The van der Waals surface area contributed by atoms with Crippen LogP contribution >= 0.6 is 35.3 Å². The predicted molar refractivity (Wildman–Crippen MR) is 172 cm³/mol. The van der Waals surface area contributed by atoms with Crippen molar-refractivity contribution >= 4 is 92.5 Å². The number of thiocarbonyl (C=S) groups is 1. The van der Waals surface area contributed by atoms with Crippen LogP contribution in [0.5, 0.6) is 11.5 Å². The number of aliphatic carboxylic acids is 2. The molecule has 1 aromatic carbocycles. The van der Waals surface area contributed by atoms with Crippen LogP contribution in [0.15, 0.2) is 34.4 Å². The van der Waals surface area contributed by atoms with Gasteiger partial charge in [0.05, 0.1) is 0 Å². The summed E-state index contributed by atoms with van der Waals surface area (Å²) in [4.78, 5) is 70.3. The smallest absolute Gasteiger partial charge is 0.353 e. The molecule has 2 aliphatic rings. The molecule has 11 N–H and O–H groups in total. The number of β-lactam (4-membered cyclic amide) rings is 1. The minimum Gasteiger partial charge on any atom is -0.504 e. The number of oxime groups is 1. The molecule has 5 rings (SSSR count). The van der Waals surface area contributed by atoms with Crippen LogP contribution in [0.25, 0.3) is 5.57 Å². The summed E-state index contributed by atoms with van der Waals surface area (Å²) in [6.07, 6.45) is -1.87. The van der Waals surface area contributed by atoms with E-state index in [0.29, 0.717) is 5.56 Å². The molecule has 0 saturated carbocycles. The maximum atomic E-state index is 13.7. The van der Waals surface area contributed by atoms with E-state index in [4.69, 9.17) is 34.3 Å². The number of amides is 2. The lowest BCUT2D eigenvalue weighted by molar-refractivity contribution is -0.153. The molecule has 2 amide bonds. The van der Waals surface area contributed by atoms with Crippen LogP contribution in [-0.2, 0) is 24.0 Å². The van der Waals surface area contributed by atoms with Crippen molar-refractivity contribution in [2.75, 3.05) is 23.0 Å². The van der Waals surface area contributed by atoms with E-state index >= 15 is 0 Å². The van der Waals surface area contributed by atoms with Crippen molar-refractivity contribution in [1.82, 2.24) is 25.2 Å². The van der Waals surface area contributed by atoms with Gasteiger partial charge in [-0.2, -0.15) is 0 Å². The first-order valence-corrected chi connectivity index (χ1v) is 15.4. The van der Waals surface area contributed by atoms with Crippen molar-refractivity contribution in [2.24, 2.45) is 5.16 Å². The highest BCUT2D eigenvalue weighted by molar-refractivity contribution is 8.00. The number of benzene rings is 1. The summed E-state index contributed by atoms with van der Waals surface area (Å²) < 4.78 is 0. The standard InChI is InChI=1S/C26H23N9O9S3/c1-8-17(27)31-19(32-18(8)28)10-5-46-24-26(7-45,23(43)35(24)15(10)21(39)40)33-20(38)14(11-6-47-25(29)30-11)34-44-16(22(41)42)9-2-3-12(36)13(37)4-9/h2-4,6-7,16,24,36-37H,5H2,1H3,(H2,29,30)(H,33,38)(H,39,40)(H,41,42)(H4,27,28,31,32)/b34-14-/t16-,24-,26?/m0/s1. The molecule has 0 aliphatic carbocycles. The van der Waals surface area contributed by atoms with Gasteiger partial charge in [-0.15, -0.1) is 23.1 Å². The Morgan fingerprint density at radius 1 is 1.17 bits per heavy atom. The average Bonchev–Trinajstić information content (AvgIpc) is 3.46. The lowest BCUT2D eigenvalue weighted by atomic mass is 9.87. The van der Waals surface area contributed by atoms with Gasteiger partial charge in [-0.25, -0.2) is 24.5 Å². The Morgan fingerprint density at radius 2 is 1.85 bits per heavy atom. The Kier molecular flexibility index (Phi) is 8.62. The molecule has 0 bridgehead atoms. The normalized spacial score (nSPS) is 19.8. The van der Waals surface area contributed by atoms with Gasteiger partial charge >= 0.3 is 11.9 Å². The monoisotopic (exact) mass is 701 g/mol. The van der Waals surface area contributed by atoms with Crippen LogP contribution in [0.4, 0.5) is 16.8 Å². The fraction of sp³-hybridized carbons (Fsp3) is 0.192. The number of phenols is 2. The number of nitrogens with one attached hydrogen (secondary N) is 1.